The Morgan fingerprint density at radius 3 is 2.64 bits per heavy atom. The van der Waals surface area contributed by atoms with Gasteiger partial charge in [-0.1, -0.05) is 63.3 Å². The van der Waals surface area contributed by atoms with E-state index in [4.69, 9.17) is 10.1 Å². The van der Waals surface area contributed by atoms with Gasteiger partial charge in [0.15, 0.2) is 5.82 Å². The average Bonchev–Trinajstić information content (AvgIpc) is 3.51. The second-order valence-electron chi connectivity index (χ2n) is 8.91. The highest BCUT2D eigenvalue weighted by molar-refractivity contribution is 5.79. The second kappa shape index (κ2) is 10.0. The van der Waals surface area contributed by atoms with E-state index in [-0.39, 0.29) is 0 Å². The van der Waals surface area contributed by atoms with Crippen LogP contribution in [-0.4, -0.2) is 40.4 Å². The number of aromatic amines is 1. The molecule has 1 saturated carbocycles. The van der Waals surface area contributed by atoms with E-state index in [1.165, 1.54) is 37.7 Å². The number of pyridine rings is 1. The predicted molar refractivity (Wildman–Crippen MR) is 126 cm³/mol. The summed E-state index contributed by atoms with van der Waals surface area (Å²) in [6, 6.07) is 10.6. The van der Waals surface area contributed by atoms with Crippen molar-refractivity contribution in [1.82, 2.24) is 40.4 Å². The second-order valence-corrected chi connectivity index (χ2v) is 8.91. The largest absolute Gasteiger partial charge is 0.264 e. The fraction of sp³-hybridized carbons (Fsp3) is 0.440. The number of H-pyrrole nitrogens is 1. The molecule has 0 atom stereocenters. The minimum absolute atomic E-state index is 0.541. The van der Waals surface area contributed by atoms with Crippen molar-refractivity contribution in [3.05, 3.63) is 59.9 Å². The number of tetrazole rings is 1. The first-order chi connectivity index (χ1) is 16.3. The Morgan fingerprint density at radius 1 is 1.03 bits per heavy atom. The molecule has 3 heterocycles. The van der Waals surface area contributed by atoms with E-state index in [1.54, 1.807) is 12.4 Å². The Labute approximate surface area is 193 Å². The maximum Gasteiger partial charge on any atom is 0.206 e. The molecule has 4 aromatic rings. The summed E-state index contributed by atoms with van der Waals surface area (Å²) < 4.78 is 2.11. The van der Waals surface area contributed by atoms with Gasteiger partial charge in [0.2, 0.25) is 5.82 Å². The fourth-order valence-corrected chi connectivity index (χ4v) is 4.76. The normalized spacial score (nSPS) is 14.6. The zero-order chi connectivity index (χ0) is 22.5. The van der Waals surface area contributed by atoms with Gasteiger partial charge in [-0.15, -0.1) is 10.2 Å². The van der Waals surface area contributed by atoms with Gasteiger partial charge < -0.3 is 0 Å². The summed E-state index contributed by atoms with van der Waals surface area (Å²) in [7, 11) is 0. The van der Waals surface area contributed by atoms with Gasteiger partial charge in [0.05, 0.1) is 6.54 Å². The van der Waals surface area contributed by atoms with Gasteiger partial charge >= 0.3 is 0 Å². The zero-order valence-electron chi connectivity index (χ0n) is 19.1. The van der Waals surface area contributed by atoms with Gasteiger partial charge in [0, 0.05) is 30.8 Å². The molecule has 33 heavy (non-hydrogen) atoms. The fourth-order valence-electron chi connectivity index (χ4n) is 4.76. The van der Waals surface area contributed by atoms with E-state index in [0.29, 0.717) is 5.82 Å². The zero-order valence-corrected chi connectivity index (χ0v) is 19.1. The van der Waals surface area contributed by atoms with Crippen molar-refractivity contribution in [3.8, 4) is 22.5 Å². The van der Waals surface area contributed by atoms with Gasteiger partial charge in [-0.25, -0.2) is 9.67 Å². The van der Waals surface area contributed by atoms with Crippen LogP contribution >= 0.6 is 0 Å². The quantitative estimate of drug-likeness (QED) is 0.427. The molecule has 0 saturated heterocycles. The molecule has 8 heteroatoms. The molecular weight excluding hydrogens is 412 g/mol. The molecule has 0 radical (unpaired) electrons. The number of hydrogen-bond donors (Lipinski definition) is 1. The number of benzene rings is 1. The van der Waals surface area contributed by atoms with Crippen molar-refractivity contribution >= 4 is 0 Å². The summed E-state index contributed by atoms with van der Waals surface area (Å²) in [4.78, 5) is 9.15. The van der Waals surface area contributed by atoms with Crippen LogP contribution in [0.3, 0.4) is 0 Å². The lowest BCUT2D eigenvalue weighted by atomic mass is 9.87. The van der Waals surface area contributed by atoms with Crippen LogP contribution in [0.25, 0.3) is 22.5 Å². The predicted octanol–water partition coefficient (Wildman–Crippen LogP) is 4.64. The van der Waals surface area contributed by atoms with Crippen LogP contribution in [0.1, 0.15) is 62.7 Å². The molecule has 8 nitrogen and oxygen atoms in total. The lowest BCUT2D eigenvalue weighted by Gasteiger charge is -2.19. The Kier molecular flexibility index (Phi) is 6.51. The van der Waals surface area contributed by atoms with Crippen LogP contribution in [0.15, 0.2) is 42.7 Å². The van der Waals surface area contributed by atoms with E-state index in [0.717, 1.165) is 60.1 Å². The summed E-state index contributed by atoms with van der Waals surface area (Å²) in [6.45, 7) is 2.94. The monoisotopic (exact) mass is 442 g/mol. The van der Waals surface area contributed by atoms with E-state index < -0.39 is 0 Å². The van der Waals surface area contributed by atoms with Crippen molar-refractivity contribution < 1.29 is 0 Å². The summed E-state index contributed by atoms with van der Waals surface area (Å²) in [5.74, 6) is 3.40. The number of nitrogens with zero attached hydrogens (tertiary/aromatic N) is 7. The van der Waals surface area contributed by atoms with E-state index in [9.17, 15) is 0 Å². The molecule has 1 aliphatic rings. The summed E-state index contributed by atoms with van der Waals surface area (Å²) in [5.41, 5.74) is 4.18. The molecule has 0 bridgehead atoms. The molecular formula is C25H30N8. The van der Waals surface area contributed by atoms with Crippen LogP contribution in [-0.2, 0) is 19.4 Å². The van der Waals surface area contributed by atoms with E-state index >= 15 is 0 Å². The number of rotatable bonds is 8. The van der Waals surface area contributed by atoms with Crippen molar-refractivity contribution in [3.63, 3.8) is 0 Å². The van der Waals surface area contributed by atoms with Crippen molar-refractivity contribution in [2.24, 2.45) is 5.92 Å². The van der Waals surface area contributed by atoms with Crippen LogP contribution < -0.4 is 0 Å². The topological polar surface area (TPSA) is 98.1 Å². The van der Waals surface area contributed by atoms with Crippen molar-refractivity contribution in [2.75, 3.05) is 0 Å². The highest BCUT2D eigenvalue weighted by Crippen LogP contribution is 2.29. The van der Waals surface area contributed by atoms with Gasteiger partial charge in [0.25, 0.3) is 0 Å². The third-order valence-corrected chi connectivity index (χ3v) is 6.47. The maximum absolute atomic E-state index is 4.92. The molecule has 1 fully saturated rings. The first-order valence-corrected chi connectivity index (χ1v) is 12.0. The summed E-state index contributed by atoms with van der Waals surface area (Å²) in [6.07, 6.45) is 13.3. The molecule has 0 spiro atoms. The Bertz CT molecular complexity index is 1160. The van der Waals surface area contributed by atoms with Crippen molar-refractivity contribution in [1.29, 1.82) is 0 Å². The minimum atomic E-state index is 0.541. The van der Waals surface area contributed by atoms with Gasteiger partial charge in [0.1, 0.15) is 5.82 Å². The highest BCUT2D eigenvalue weighted by Gasteiger charge is 2.18. The molecule has 1 aliphatic carbocycles. The van der Waals surface area contributed by atoms with Gasteiger partial charge in [-0.3, -0.25) is 4.98 Å². The Hall–Kier alpha value is -3.42. The van der Waals surface area contributed by atoms with Crippen LogP contribution in [0, 0.1) is 5.92 Å². The first kappa shape index (κ1) is 21.4. The Morgan fingerprint density at radius 2 is 1.88 bits per heavy atom. The third-order valence-electron chi connectivity index (χ3n) is 6.47. The lowest BCUT2D eigenvalue weighted by molar-refractivity contribution is 0.351. The third kappa shape index (κ3) is 4.99. The molecule has 1 aromatic carbocycles. The van der Waals surface area contributed by atoms with Gasteiger partial charge in [-0.05, 0) is 40.3 Å². The summed E-state index contributed by atoms with van der Waals surface area (Å²) in [5, 5.41) is 19.3. The van der Waals surface area contributed by atoms with Gasteiger partial charge in [-0.2, -0.15) is 10.3 Å². The lowest BCUT2D eigenvalue weighted by Crippen LogP contribution is -2.11. The smallest absolute Gasteiger partial charge is 0.206 e. The number of nitrogens with one attached hydrogen (secondary N) is 1. The SMILES string of the molecule is CCCc1nc(CC2CCCCC2)nn1Cc1ccc(-c2ccncc2-c2nn[nH]n2)cc1. The molecule has 3 aromatic heterocycles. The summed E-state index contributed by atoms with van der Waals surface area (Å²) >= 11 is 0. The number of aryl methyl sites for hydroxylation is 1. The van der Waals surface area contributed by atoms with Crippen LogP contribution in [0.4, 0.5) is 0 Å². The molecule has 1 N–H and O–H groups in total. The molecule has 170 valence electrons. The molecule has 0 unspecified atom stereocenters. The highest BCUT2D eigenvalue weighted by atomic mass is 15.5. The number of aromatic nitrogens is 8. The van der Waals surface area contributed by atoms with Crippen molar-refractivity contribution in [2.45, 2.75) is 64.8 Å². The molecule has 5 rings (SSSR count). The standard InChI is InChI=1S/C25H30N8/c1-2-6-24-27-23(15-18-7-4-3-5-8-18)30-33(24)17-19-9-11-20(12-10-19)21-13-14-26-16-22(21)25-28-31-32-29-25/h9-14,16,18H,2-8,15,17H2,1H3,(H,28,29,31,32). The van der Waals surface area contributed by atoms with E-state index in [1.807, 2.05) is 6.07 Å². The average molecular weight is 443 g/mol. The first-order valence-electron chi connectivity index (χ1n) is 12.0. The van der Waals surface area contributed by atoms with E-state index in [2.05, 4.69) is 61.5 Å². The van der Waals surface area contributed by atoms with Crippen LogP contribution in [0.2, 0.25) is 0 Å². The molecule has 0 amide bonds. The number of hydrogen-bond acceptors (Lipinski definition) is 6. The Balaban J connectivity index is 1.34. The minimum Gasteiger partial charge on any atom is -0.264 e. The van der Waals surface area contributed by atoms with Crippen LogP contribution in [0.5, 0.6) is 0 Å². The maximum atomic E-state index is 4.92. The molecule has 0 aliphatic heterocycles.